The number of H-pyrrole nitrogens is 1. The number of halogens is 1. The first-order valence-electron chi connectivity index (χ1n) is 10.2. The average molecular weight is 417 g/mol. The van der Waals surface area contributed by atoms with Crippen LogP contribution >= 0.6 is 0 Å². The summed E-state index contributed by atoms with van der Waals surface area (Å²) in [7, 11) is 1.69. The van der Waals surface area contributed by atoms with E-state index in [1.807, 2.05) is 13.1 Å². The summed E-state index contributed by atoms with van der Waals surface area (Å²) in [4.78, 5) is 33.0. The number of hydrogen-bond donors (Lipinski definition) is 4. The van der Waals surface area contributed by atoms with Gasteiger partial charge in [-0.1, -0.05) is 6.92 Å². The normalized spacial score (nSPS) is 19.5. The number of aromatic nitrogens is 1. The summed E-state index contributed by atoms with van der Waals surface area (Å²) in [5, 5.41) is 10.2. The van der Waals surface area contributed by atoms with Crippen molar-refractivity contribution in [3.05, 3.63) is 35.8 Å². The first-order valence-corrected chi connectivity index (χ1v) is 10.2. The highest BCUT2D eigenvalue weighted by Gasteiger charge is 2.45. The van der Waals surface area contributed by atoms with Gasteiger partial charge in [0, 0.05) is 43.8 Å². The van der Waals surface area contributed by atoms with Crippen LogP contribution in [0.2, 0.25) is 0 Å². The number of nitrogens with one attached hydrogen (secondary N) is 4. The third-order valence-corrected chi connectivity index (χ3v) is 5.54. The molecule has 1 unspecified atom stereocenters. The quantitative estimate of drug-likeness (QED) is 0.229. The van der Waals surface area contributed by atoms with Crippen molar-refractivity contribution in [2.24, 2.45) is 4.99 Å². The number of aromatic amines is 1. The fourth-order valence-electron chi connectivity index (χ4n) is 3.54. The van der Waals surface area contributed by atoms with Gasteiger partial charge in [-0.15, -0.1) is 0 Å². The zero-order valence-corrected chi connectivity index (χ0v) is 17.6. The molecular formula is C21H29FN6O2. The number of carbonyl (C=O) groups excluding carboxylic acids is 2. The average Bonchev–Trinajstić information content (AvgIpc) is 3.22. The number of benzene rings is 1. The highest BCUT2D eigenvalue weighted by Crippen LogP contribution is 2.21. The fraction of sp³-hybridized carbons (Fsp3) is 0.476. The third-order valence-electron chi connectivity index (χ3n) is 5.54. The third kappa shape index (κ3) is 4.55. The van der Waals surface area contributed by atoms with E-state index in [1.54, 1.807) is 20.0 Å². The Morgan fingerprint density at radius 3 is 2.73 bits per heavy atom. The van der Waals surface area contributed by atoms with Gasteiger partial charge in [-0.2, -0.15) is 0 Å². The molecular weight excluding hydrogens is 387 g/mol. The molecule has 1 aromatic carbocycles. The maximum Gasteiger partial charge on any atom is 0.325 e. The number of nitrogens with zero attached hydrogens (tertiary/aromatic N) is 2. The van der Waals surface area contributed by atoms with Crippen LogP contribution in [0.1, 0.15) is 32.3 Å². The Morgan fingerprint density at radius 2 is 2.03 bits per heavy atom. The molecule has 3 rings (SSSR count). The van der Waals surface area contributed by atoms with E-state index in [2.05, 4.69) is 25.9 Å². The van der Waals surface area contributed by atoms with Gasteiger partial charge in [-0.3, -0.25) is 14.7 Å². The highest BCUT2D eigenvalue weighted by molar-refractivity contribution is 6.06. The van der Waals surface area contributed by atoms with Gasteiger partial charge in [-0.05, 0) is 49.9 Å². The lowest BCUT2D eigenvalue weighted by Crippen LogP contribution is -2.43. The Morgan fingerprint density at radius 1 is 1.27 bits per heavy atom. The van der Waals surface area contributed by atoms with Gasteiger partial charge in [0.05, 0.1) is 0 Å². The number of amides is 3. The molecule has 3 amide bonds. The van der Waals surface area contributed by atoms with Gasteiger partial charge in [0.15, 0.2) is 5.96 Å². The maximum atomic E-state index is 13.3. The van der Waals surface area contributed by atoms with Gasteiger partial charge in [0.1, 0.15) is 11.4 Å². The van der Waals surface area contributed by atoms with E-state index in [0.29, 0.717) is 38.4 Å². The Bertz CT molecular complexity index is 956. The largest absolute Gasteiger partial charge is 0.361 e. The molecule has 1 aliphatic rings. The second-order valence-electron chi connectivity index (χ2n) is 7.61. The van der Waals surface area contributed by atoms with Crippen LogP contribution in [0.4, 0.5) is 9.18 Å². The minimum absolute atomic E-state index is 0.170. The van der Waals surface area contributed by atoms with Crippen molar-refractivity contribution in [2.45, 2.75) is 38.6 Å². The van der Waals surface area contributed by atoms with E-state index >= 15 is 0 Å². The molecule has 0 spiro atoms. The molecule has 9 heteroatoms. The van der Waals surface area contributed by atoms with Gasteiger partial charge < -0.3 is 20.9 Å². The molecule has 0 radical (unpaired) electrons. The lowest BCUT2D eigenvalue weighted by molar-refractivity contribution is -0.130. The number of fused-ring (bicyclic) bond motifs is 1. The van der Waals surface area contributed by atoms with Crippen LogP contribution in [-0.2, 0) is 11.2 Å². The summed E-state index contributed by atoms with van der Waals surface area (Å²) in [6.07, 6.45) is 3.83. The Hall–Kier alpha value is -3.10. The molecule has 8 nitrogen and oxygen atoms in total. The first-order chi connectivity index (χ1) is 14.4. The van der Waals surface area contributed by atoms with Crippen molar-refractivity contribution in [3.8, 4) is 0 Å². The van der Waals surface area contributed by atoms with E-state index in [0.717, 1.165) is 22.9 Å². The first kappa shape index (κ1) is 21.6. The summed E-state index contributed by atoms with van der Waals surface area (Å²) in [5.74, 6) is 0.221. The second-order valence-corrected chi connectivity index (χ2v) is 7.61. The Labute approximate surface area is 175 Å². The highest BCUT2D eigenvalue weighted by atomic mass is 19.1. The number of hydrogen-bond acceptors (Lipinski definition) is 3. The molecule has 2 heterocycles. The summed E-state index contributed by atoms with van der Waals surface area (Å²) >= 11 is 0. The van der Waals surface area contributed by atoms with Crippen LogP contribution in [0.25, 0.3) is 10.9 Å². The SMILES string of the molecule is CCC1(C)NC(=O)N(CCCNC(=NC)NCCc2c[nH]c3cc(F)ccc23)C1=O. The van der Waals surface area contributed by atoms with E-state index in [4.69, 9.17) is 0 Å². The Balaban J connectivity index is 1.41. The zero-order chi connectivity index (χ0) is 21.7. The molecule has 0 aliphatic carbocycles. The van der Waals surface area contributed by atoms with Crippen molar-refractivity contribution >= 4 is 28.8 Å². The van der Waals surface area contributed by atoms with Gasteiger partial charge >= 0.3 is 6.03 Å². The zero-order valence-electron chi connectivity index (χ0n) is 17.6. The van der Waals surface area contributed by atoms with Crippen LogP contribution in [0.5, 0.6) is 0 Å². The van der Waals surface area contributed by atoms with E-state index in [-0.39, 0.29) is 17.8 Å². The Kier molecular flexibility index (Phi) is 6.59. The van der Waals surface area contributed by atoms with Crippen LogP contribution in [0, 0.1) is 5.82 Å². The fourth-order valence-corrected chi connectivity index (χ4v) is 3.54. The van der Waals surface area contributed by atoms with E-state index in [1.165, 1.54) is 17.0 Å². The van der Waals surface area contributed by atoms with Crippen molar-refractivity contribution in [3.63, 3.8) is 0 Å². The summed E-state index contributed by atoms with van der Waals surface area (Å²) < 4.78 is 13.3. The molecule has 162 valence electrons. The predicted molar refractivity (Wildman–Crippen MR) is 115 cm³/mol. The standard InChI is InChI=1S/C21H29FN6O2/c1-4-21(2)18(29)28(20(30)27-21)11-5-9-24-19(23-3)25-10-8-14-13-26-17-12-15(22)6-7-16(14)17/h6-7,12-13,26H,4-5,8-11H2,1-3H3,(H,27,30)(H2,23,24,25). The summed E-state index contributed by atoms with van der Waals surface area (Å²) in [5.41, 5.74) is 1.09. The van der Waals surface area contributed by atoms with Crippen LogP contribution in [-0.4, -0.2) is 60.0 Å². The monoisotopic (exact) mass is 416 g/mol. The number of aliphatic imine (C=N–C) groups is 1. The minimum atomic E-state index is -0.795. The van der Waals surface area contributed by atoms with Gasteiger partial charge in [0.25, 0.3) is 5.91 Å². The second kappa shape index (κ2) is 9.15. The van der Waals surface area contributed by atoms with E-state index in [9.17, 15) is 14.0 Å². The van der Waals surface area contributed by atoms with Crippen molar-refractivity contribution < 1.29 is 14.0 Å². The number of imide groups is 1. The van der Waals surface area contributed by atoms with Crippen LogP contribution in [0.3, 0.4) is 0 Å². The lowest BCUT2D eigenvalue weighted by atomic mass is 9.99. The number of urea groups is 1. The van der Waals surface area contributed by atoms with Gasteiger partial charge in [0.2, 0.25) is 0 Å². The molecule has 1 aromatic heterocycles. The number of carbonyl (C=O) groups is 2. The smallest absolute Gasteiger partial charge is 0.325 e. The molecule has 1 aliphatic heterocycles. The van der Waals surface area contributed by atoms with Crippen molar-refractivity contribution in [2.75, 3.05) is 26.7 Å². The number of rotatable bonds is 8. The molecule has 1 atom stereocenters. The minimum Gasteiger partial charge on any atom is -0.361 e. The van der Waals surface area contributed by atoms with Crippen molar-refractivity contribution in [1.29, 1.82) is 0 Å². The molecule has 1 fully saturated rings. The van der Waals surface area contributed by atoms with Gasteiger partial charge in [-0.25, -0.2) is 9.18 Å². The van der Waals surface area contributed by atoms with E-state index < -0.39 is 5.54 Å². The molecule has 2 aromatic rings. The molecule has 4 N–H and O–H groups in total. The molecule has 0 bridgehead atoms. The topological polar surface area (TPSA) is 102 Å². The summed E-state index contributed by atoms with van der Waals surface area (Å²) in [6, 6.07) is 4.40. The predicted octanol–water partition coefficient (Wildman–Crippen LogP) is 2.13. The molecule has 1 saturated heterocycles. The molecule has 0 saturated carbocycles. The van der Waals surface area contributed by atoms with Crippen LogP contribution < -0.4 is 16.0 Å². The van der Waals surface area contributed by atoms with Crippen LogP contribution in [0.15, 0.2) is 29.4 Å². The van der Waals surface area contributed by atoms with Crippen molar-refractivity contribution in [1.82, 2.24) is 25.8 Å². The molecule has 30 heavy (non-hydrogen) atoms. The summed E-state index contributed by atoms with van der Waals surface area (Å²) in [6.45, 7) is 5.23. The maximum absolute atomic E-state index is 13.3. The lowest BCUT2D eigenvalue weighted by Gasteiger charge is -2.19. The number of guanidine groups is 1.